The summed E-state index contributed by atoms with van der Waals surface area (Å²) in [5.74, 6) is -1.60. The third kappa shape index (κ3) is 3.14. The zero-order chi connectivity index (χ0) is 10.6. The van der Waals surface area contributed by atoms with Gasteiger partial charge in [-0.3, -0.25) is 0 Å². The first-order valence-corrected chi connectivity index (χ1v) is 4.25. The Morgan fingerprint density at radius 1 is 1.50 bits per heavy atom. The molecule has 0 spiro atoms. The van der Waals surface area contributed by atoms with E-state index in [1.165, 1.54) is 12.1 Å². The maximum atomic E-state index is 12.7. The molecule has 1 aromatic carbocycles. The molecule has 1 rings (SSSR count). The van der Waals surface area contributed by atoms with E-state index in [0.717, 1.165) is 0 Å². The number of aliphatic hydroxyl groups is 1. The summed E-state index contributed by atoms with van der Waals surface area (Å²) in [7, 11) is 0. The fraction of sp³-hybridized carbons (Fsp3) is 0.300. The maximum absolute atomic E-state index is 12.7. The van der Waals surface area contributed by atoms with Crippen LogP contribution in [0.4, 0.5) is 4.39 Å². The lowest BCUT2D eigenvalue weighted by Gasteiger charge is -2.04. The predicted molar refractivity (Wildman–Crippen MR) is 48.4 cm³/mol. The van der Waals surface area contributed by atoms with E-state index in [1.54, 1.807) is 12.1 Å². The van der Waals surface area contributed by atoms with Crippen LogP contribution in [-0.4, -0.2) is 22.3 Å². The maximum Gasteiger partial charge on any atom is 0.332 e. The summed E-state index contributed by atoms with van der Waals surface area (Å²) in [6.07, 6.45) is -0.928. The van der Waals surface area contributed by atoms with E-state index < -0.39 is 12.1 Å². The molecular formula is C10H11FO3. The normalized spacial score (nSPS) is 12.4. The highest BCUT2D eigenvalue weighted by atomic mass is 19.1. The highest BCUT2D eigenvalue weighted by Crippen LogP contribution is 2.07. The van der Waals surface area contributed by atoms with E-state index in [4.69, 9.17) is 10.2 Å². The molecule has 0 saturated heterocycles. The number of benzene rings is 1. The highest BCUT2D eigenvalue weighted by molar-refractivity contribution is 5.71. The minimum atomic E-state index is -1.38. The Morgan fingerprint density at radius 2 is 2.21 bits per heavy atom. The lowest BCUT2D eigenvalue weighted by Crippen LogP contribution is -2.19. The highest BCUT2D eigenvalue weighted by Gasteiger charge is 2.12. The molecule has 76 valence electrons. The van der Waals surface area contributed by atoms with Crippen molar-refractivity contribution in [2.45, 2.75) is 18.9 Å². The molecular weight excluding hydrogens is 187 g/mol. The Morgan fingerprint density at radius 3 is 2.79 bits per heavy atom. The van der Waals surface area contributed by atoms with Gasteiger partial charge < -0.3 is 10.2 Å². The number of carbonyl (C=O) groups is 1. The van der Waals surface area contributed by atoms with Gasteiger partial charge in [-0.05, 0) is 30.5 Å². The van der Waals surface area contributed by atoms with Crippen LogP contribution in [0.2, 0.25) is 0 Å². The standard InChI is InChI=1S/C10H11FO3/c11-8-3-1-2-7(6-8)4-5-9(12)10(13)14/h1-3,6,9,12H,4-5H2,(H,13,14)/t9-/m0/s1. The second kappa shape index (κ2) is 4.72. The summed E-state index contributed by atoms with van der Waals surface area (Å²) in [6, 6.07) is 5.89. The van der Waals surface area contributed by atoms with Crippen LogP contribution in [0.25, 0.3) is 0 Å². The molecule has 0 bridgehead atoms. The van der Waals surface area contributed by atoms with Crippen LogP contribution in [0.15, 0.2) is 24.3 Å². The monoisotopic (exact) mass is 198 g/mol. The van der Waals surface area contributed by atoms with Crippen molar-refractivity contribution in [2.75, 3.05) is 0 Å². The van der Waals surface area contributed by atoms with Crippen LogP contribution in [0, 0.1) is 5.82 Å². The van der Waals surface area contributed by atoms with Gasteiger partial charge in [0, 0.05) is 0 Å². The zero-order valence-corrected chi connectivity index (χ0v) is 7.48. The van der Waals surface area contributed by atoms with Crippen molar-refractivity contribution in [3.05, 3.63) is 35.6 Å². The number of aryl methyl sites for hydroxylation is 1. The molecule has 4 heteroatoms. The van der Waals surface area contributed by atoms with Crippen LogP contribution in [-0.2, 0) is 11.2 Å². The van der Waals surface area contributed by atoms with Crippen molar-refractivity contribution in [1.82, 2.24) is 0 Å². The molecule has 0 radical (unpaired) electrons. The summed E-state index contributed by atoms with van der Waals surface area (Å²) in [6.45, 7) is 0. The number of halogens is 1. The van der Waals surface area contributed by atoms with Crippen molar-refractivity contribution in [3.8, 4) is 0 Å². The molecule has 0 aliphatic rings. The van der Waals surface area contributed by atoms with Gasteiger partial charge in [0.15, 0.2) is 6.10 Å². The van der Waals surface area contributed by atoms with Crippen LogP contribution in [0.1, 0.15) is 12.0 Å². The molecule has 0 saturated carbocycles. The molecule has 1 atom stereocenters. The van der Waals surface area contributed by atoms with Gasteiger partial charge in [-0.1, -0.05) is 12.1 Å². The Hall–Kier alpha value is -1.42. The SMILES string of the molecule is O=C(O)[C@@H](O)CCc1cccc(F)c1. The van der Waals surface area contributed by atoms with E-state index in [2.05, 4.69) is 0 Å². The lowest BCUT2D eigenvalue weighted by atomic mass is 10.1. The molecule has 0 heterocycles. The van der Waals surface area contributed by atoms with Crippen molar-refractivity contribution in [1.29, 1.82) is 0 Å². The van der Waals surface area contributed by atoms with Crippen LogP contribution in [0.5, 0.6) is 0 Å². The molecule has 0 fully saturated rings. The summed E-state index contributed by atoms with van der Waals surface area (Å²) in [5, 5.41) is 17.4. The number of hydrogen-bond acceptors (Lipinski definition) is 2. The predicted octanol–water partition coefficient (Wildman–Crippen LogP) is 1.20. The van der Waals surface area contributed by atoms with Gasteiger partial charge in [-0.25, -0.2) is 9.18 Å². The molecule has 3 nitrogen and oxygen atoms in total. The van der Waals surface area contributed by atoms with Gasteiger partial charge in [0.05, 0.1) is 0 Å². The molecule has 0 amide bonds. The third-order valence-electron chi connectivity index (χ3n) is 1.88. The van der Waals surface area contributed by atoms with Crippen molar-refractivity contribution >= 4 is 5.97 Å². The van der Waals surface area contributed by atoms with E-state index in [0.29, 0.717) is 12.0 Å². The van der Waals surface area contributed by atoms with Gasteiger partial charge in [0.2, 0.25) is 0 Å². The number of carboxylic acid groups (broad SMARTS) is 1. The first-order chi connectivity index (χ1) is 6.59. The molecule has 2 N–H and O–H groups in total. The molecule has 14 heavy (non-hydrogen) atoms. The van der Waals surface area contributed by atoms with Gasteiger partial charge in [-0.2, -0.15) is 0 Å². The minimum Gasteiger partial charge on any atom is -0.479 e. The first kappa shape index (κ1) is 10.7. The van der Waals surface area contributed by atoms with Gasteiger partial charge in [0.1, 0.15) is 5.82 Å². The third-order valence-corrected chi connectivity index (χ3v) is 1.88. The second-order valence-corrected chi connectivity index (χ2v) is 3.02. The smallest absolute Gasteiger partial charge is 0.332 e. The number of aliphatic hydroxyl groups excluding tert-OH is 1. The number of aliphatic carboxylic acids is 1. The van der Waals surface area contributed by atoms with E-state index in [-0.39, 0.29) is 12.2 Å². The van der Waals surface area contributed by atoms with Gasteiger partial charge >= 0.3 is 5.97 Å². The van der Waals surface area contributed by atoms with Gasteiger partial charge in [0.25, 0.3) is 0 Å². The fourth-order valence-electron chi connectivity index (χ4n) is 1.12. The Labute approximate surface area is 80.8 Å². The largest absolute Gasteiger partial charge is 0.479 e. The topological polar surface area (TPSA) is 57.5 Å². The summed E-state index contributed by atoms with van der Waals surface area (Å²) >= 11 is 0. The van der Waals surface area contributed by atoms with Crippen molar-refractivity contribution in [3.63, 3.8) is 0 Å². The average Bonchev–Trinajstić information content (AvgIpc) is 2.14. The van der Waals surface area contributed by atoms with Gasteiger partial charge in [-0.15, -0.1) is 0 Å². The quantitative estimate of drug-likeness (QED) is 0.764. The molecule has 1 aromatic rings. The first-order valence-electron chi connectivity index (χ1n) is 4.25. The molecule has 0 aliphatic heterocycles. The molecule has 0 aliphatic carbocycles. The second-order valence-electron chi connectivity index (χ2n) is 3.02. The number of carboxylic acids is 1. The summed E-state index contributed by atoms with van der Waals surface area (Å²) in [4.78, 5) is 10.3. The summed E-state index contributed by atoms with van der Waals surface area (Å²) in [5.41, 5.74) is 0.685. The average molecular weight is 198 g/mol. The number of hydrogen-bond donors (Lipinski definition) is 2. The van der Waals surface area contributed by atoms with E-state index in [1.807, 2.05) is 0 Å². The zero-order valence-electron chi connectivity index (χ0n) is 7.48. The molecule has 0 unspecified atom stereocenters. The minimum absolute atomic E-state index is 0.0960. The summed E-state index contributed by atoms with van der Waals surface area (Å²) < 4.78 is 12.7. The van der Waals surface area contributed by atoms with Crippen molar-refractivity contribution in [2.24, 2.45) is 0 Å². The van der Waals surface area contributed by atoms with Crippen LogP contribution in [0.3, 0.4) is 0 Å². The van der Waals surface area contributed by atoms with E-state index in [9.17, 15) is 9.18 Å². The molecule has 0 aromatic heterocycles. The Bertz CT molecular complexity index is 325. The van der Waals surface area contributed by atoms with Crippen LogP contribution < -0.4 is 0 Å². The number of rotatable bonds is 4. The van der Waals surface area contributed by atoms with Crippen LogP contribution >= 0.6 is 0 Å². The Balaban J connectivity index is 2.49. The van der Waals surface area contributed by atoms with E-state index >= 15 is 0 Å². The lowest BCUT2D eigenvalue weighted by molar-refractivity contribution is -0.146. The Kier molecular flexibility index (Phi) is 3.59. The van der Waals surface area contributed by atoms with Crippen molar-refractivity contribution < 1.29 is 19.4 Å². The fourth-order valence-corrected chi connectivity index (χ4v) is 1.12.